The van der Waals surface area contributed by atoms with Gasteiger partial charge in [0.2, 0.25) is 5.91 Å². The number of carbonyl (C=O) groups is 1. The molecule has 3 nitrogen and oxygen atoms in total. The van der Waals surface area contributed by atoms with Crippen LogP contribution in [0.1, 0.15) is 168 Å². The van der Waals surface area contributed by atoms with Gasteiger partial charge in [-0.15, -0.1) is 0 Å². The molecule has 34 heavy (non-hydrogen) atoms. The summed E-state index contributed by atoms with van der Waals surface area (Å²) < 4.78 is 0. The molecule has 0 aromatic rings. The van der Waals surface area contributed by atoms with Crippen molar-refractivity contribution < 1.29 is 4.79 Å². The second kappa shape index (κ2) is 34.3. The van der Waals surface area contributed by atoms with Crippen molar-refractivity contribution in [3.8, 4) is 0 Å². The minimum atomic E-state index is -0.164. The van der Waals surface area contributed by atoms with E-state index in [4.69, 9.17) is 5.73 Å². The molecule has 0 rings (SSSR count). The molecule has 0 saturated carbocycles. The van der Waals surface area contributed by atoms with Crippen LogP contribution < -0.4 is 11.1 Å². The minimum absolute atomic E-state index is 0.164. The highest BCUT2D eigenvalue weighted by Gasteiger charge is 1.94. The first-order valence-electron chi connectivity index (χ1n) is 15.3. The van der Waals surface area contributed by atoms with Crippen LogP contribution in [-0.4, -0.2) is 19.5 Å². The number of hydrogen-bond donors (Lipinski definition) is 2. The van der Waals surface area contributed by atoms with Crippen LogP contribution in [0.4, 0.5) is 0 Å². The second-order valence-corrected chi connectivity index (χ2v) is 10.1. The molecule has 0 heterocycles. The Morgan fingerprint density at radius 1 is 0.559 bits per heavy atom. The van der Waals surface area contributed by atoms with Gasteiger partial charge in [0.15, 0.2) is 0 Å². The number of nitrogens with two attached hydrogens (primary N) is 1. The third kappa shape index (κ3) is 38.4. The Hall–Kier alpha value is -0.830. The molecule has 0 saturated heterocycles. The van der Waals surface area contributed by atoms with Gasteiger partial charge in [-0.05, 0) is 52.1 Å². The highest BCUT2D eigenvalue weighted by molar-refractivity contribution is 5.73. The summed E-state index contributed by atoms with van der Waals surface area (Å²) in [4.78, 5) is 10.5. The van der Waals surface area contributed by atoms with Gasteiger partial charge in [-0.1, -0.05) is 135 Å². The van der Waals surface area contributed by atoms with E-state index in [-0.39, 0.29) is 5.91 Å². The van der Waals surface area contributed by atoms with Crippen molar-refractivity contribution in [2.75, 3.05) is 13.6 Å². The molecular weight excluding hydrogens is 416 g/mol. The minimum Gasteiger partial charge on any atom is -0.370 e. The molecule has 0 fully saturated rings. The van der Waals surface area contributed by atoms with E-state index < -0.39 is 0 Å². The molecule has 0 unspecified atom stereocenters. The van der Waals surface area contributed by atoms with Crippen molar-refractivity contribution in [1.82, 2.24) is 5.32 Å². The van der Waals surface area contributed by atoms with Gasteiger partial charge < -0.3 is 11.1 Å². The highest BCUT2D eigenvalue weighted by Crippen LogP contribution is 2.11. The van der Waals surface area contributed by atoms with Gasteiger partial charge in [-0.25, -0.2) is 0 Å². The number of carbonyl (C=O) groups excluding carboxylic acids is 1. The van der Waals surface area contributed by atoms with Gasteiger partial charge in [0.1, 0.15) is 0 Å². The summed E-state index contributed by atoms with van der Waals surface area (Å²) in [5.41, 5.74) is 5.10. The quantitative estimate of drug-likeness (QED) is 0.0956. The lowest BCUT2D eigenvalue weighted by Crippen LogP contribution is -2.09. The van der Waals surface area contributed by atoms with Crippen LogP contribution in [0.15, 0.2) is 12.2 Å². The third-order valence-electron chi connectivity index (χ3n) is 6.47. The summed E-state index contributed by atoms with van der Waals surface area (Å²) in [6.07, 6.45) is 36.2. The van der Waals surface area contributed by atoms with Gasteiger partial charge in [0, 0.05) is 6.42 Å². The predicted octanol–water partition coefficient (Wildman–Crippen LogP) is 9.64. The molecule has 0 spiro atoms. The molecular formula is C31H64N2O. The SMILES string of the molecule is CCCCCCCCC=CCCCCCCCC(N)=O.CCCCCCCCCCCCNC. The molecule has 0 aromatic heterocycles. The smallest absolute Gasteiger partial charge is 0.217 e. The van der Waals surface area contributed by atoms with Crippen LogP contribution in [0.25, 0.3) is 0 Å². The Bertz CT molecular complexity index is 383. The fraction of sp³-hybridized carbons (Fsp3) is 0.903. The van der Waals surface area contributed by atoms with Crippen LogP contribution in [0.2, 0.25) is 0 Å². The van der Waals surface area contributed by atoms with Gasteiger partial charge >= 0.3 is 0 Å². The van der Waals surface area contributed by atoms with Crippen molar-refractivity contribution in [3.63, 3.8) is 0 Å². The number of amides is 1. The zero-order valence-corrected chi connectivity index (χ0v) is 23.8. The number of primary amides is 1. The maximum Gasteiger partial charge on any atom is 0.217 e. The molecule has 0 bridgehead atoms. The lowest BCUT2D eigenvalue weighted by atomic mass is 10.1. The van der Waals surface area contributed by atoms with Crippen LogP contribution in [0.5, 0.6) is 0 Å². The largest absolute Gasteiger partial charge is 0.370 e. The number of allylic oxidation sites excluding steroid dienone is 2. The van der Waals surface area contributed by atoms with E-state index in [0.717, 1.165) is 12.8 Å². The van der Waals surface area contributed by atoms with E-state index in [1.54, 1.807) is 0 Å². The summed E-state index contributed by atoms with van der Waals surface area (Å²) in [6, 6.07) is 0. The Labute approximate surface area is 215 Å². The first kappa shape index (κ1) is 35.3. The fourth-order valence-electron chi connectivity index (χ4n) is 4.16. The van der Waals surface area contributed by atoms with Gasteiger partial charge in [-0.3, -0.25) is 4.79 Å². The lowest BCUT2D eigenvalue weighted by molar-refractivity contribution is -0.118. The van der Waals surface area contributed by atoms with Crippen molar-refractivity contribution in [2.45, 2.75) is 168 Å². The summed E-state index contributed by atoms with van der Waals surface area (Å²) >= 11 is 0. The van der Waals surface area contributed by atoms with Crippen molar-refractivity contribution in [1.29, 1.82) is 0 Å². The topological polar surface area (TPSA) is 55.1 Å². The number of nitrogens with one attached hydrogen (secondary N) is 1. The van der Waals surface area contributed by atoms with Gasteiger partial charge in [-0.2, -0.15) is 0 Å². The number of unbranched alkanes of at least 4 members (excludes halogenated alkanes) is 20. The van der Waals surface area contributed by atoms with E-state index in [1.807, 2.05) is 7.05 Å². The molecule has 0 aromatic carbocycles. The number of hydrogen-bond acceptors (Lipinski definition) is 2. The van der Waals surface area contributed by atoms with E-state index in [1.165, 1.54) is 141 Å². The Balaban J connectivity index is 0. The van der Waals surface area contributed by atoms with Crippen molar-refractivity contribution >= 4 is 5.91 Å². The summed E-state index contributed by atoms with van der Waals surface area (Å²) in [5.74, 6) is -0.164. The van der Waals surface area contributed by atoms with Crippen LogP contribution in [-0.2, 0) is 4.79 Å². The highest BCUT2D eigenvalue weighted by atomic mass is 16.1. The van der Waals surface area contributed by atoms with Crippen LogP contribution in [0.3, 0.4) is 0 Å². The predicted molar refractivity (Wildman–Crippen MR) is 154 cm³/mol. The van der Waals surface area contributed by atoms with E-state index in [0.29, 0.717) is 6.42 Å². The molecule has 0 aliphatic carbocycles. The molecule has 3 N–H and O–H groups in total. The average Bonchev–Trinajstić information content (AvgIpc) is 2.83. The maximum absolute atomic E-state index is 10.5. The average molecular weight is 481 g/mol. The zero-order valence-electron chi connectivity index (χ0n) is 23.8. The van der Waals surface area contributed by atoms with Gasteiger partial charge in [0.25, 0.3) is 0 Å². The molecule has 204 valence electrons. The first-order chi connectivity index (χ1) is 16.7. The van der Waals surface area contributed by atoms with E-state index in [2.05, 4.69) is 31.3 Å². The molecule has 0 radical (unpaired) electrons. The first-order valence-corrected chi connectivity index (χ1v) is 15.3. The molecule has 1 amide bonds. The zero-order chi connectivity index (χ0) is 25.4. The molecule has 0 atom stereocenters. The summed E-state index contributed by atoms with van der Waals surface area (Å²) in [5, 5.41) is 3.19. The third-order valence-corrected chi connectivity index (χ3v) is 6.47. The Kier molecular flexibility index (Phi) is 35.7. The maximum atomic E-state index is 10.5. The normalized spacial score (nSPS) is 11.0. The van der Waals surface area contributed by atoms with Crippen molar-refractivity contribution in [3.05, 3.63) is 12.2 Å². The summed E-state index contributed by atoms with van der Waals surface area (Å²) in [7, 11) is 2.04. The van der Waals surface area contributed by atoms with Crippen LogP contribution >= 0.6 is 0 Å². The monoisotopic (exact) mass is 481 g/mol. The Morgan fingerprint density at radius 2 is 0.912 bits per heavy atom. The van der Waals surface area contributed by atoms with Crippen LogP contribution in [0, 0.1) is 0 Å². The standard InChI is InChI=1S/C18H35NO.C13H29N/c1-2-3-4-5-6-7-8-9-10-11-12-13-14-15-16-17-18(19)20;1-3-4-5-6-7-8-9-10-11-12-13-14-2/h9-10H,2-8,11-17H2,1H3,(H2,19,20);14H,3-13H2,1-2H3. The van der Waals surface area contributed by atoms with Crippen molar-refractivity contribution in [2.24, 2.45) is 5.73 Å². The molecule has 0 aliphatic rings. The lowest BCUT2D eigenvalue weighted by Gasteiger charge is -2.01. The second-order valence-electron chi connectivity index (χ2n) is 10.1. The van der Waals surface area contributed by atoms with E-state index in [9.17, 15) is 4.79 Å². The molecule has 3 heteroatoms. The van der Waals surface area contributed by atoms with Gasteiger partial charge in [0.05, 0.1) is 0 Å². The molecule has 0 aliphatic heterocycles. The fourth-order valence-corrected chi connectivity index (χ4v) is 4.16. The number of rotatable bonds is 26. The van der Waals surface area contributed by atoms with E-state index >= 15 is 0 Å². The Morgan fingerprint density at radius 3 is 1.29 bits per heavy atom. The summed E-state index contributed by atoms with van der Waals surface area (Å²) in [6.45, 7) is 5.73.